The number of hydrogen-bond donors (Lipinski definition) is 0. The highest BCUT2D eigenvalue weighted by Gasteiger charge is 2.02. The maximum absolute atomic E-state index is 10.9. The number of esters is 1. The van der Waals surface area contributed by atoms with Crippen molar-refractivity contribution in [1.29, 1.82) is 0 Å². The molecular weight excluding hydrogens is 240 g/mol. The van der Waals surface area contributed by atoms with Crippen LogP contribution >= 0.6 is 22.7 Å². The molecule has 0 saturated heterocycles. The van der Waals surface area contributed by atoms with Gasteiger partial charge in [0.15, 0.2) is 0 Å². The predicted octanol–water partition coefficient (Wildman–Crippen LogP) is 3.66. The first-order chi connectivity index (χ1) is 7.79. The highest BCUT2D eigenvalue weighted by Crippen LogP contribution is 2.31. The molecule has 2 heterocycles. The topological polar surface area (TPSA) is 26.3 Å². The van der Waals surface area contributed by atoms with E-state index in [0.717, 1.165) is 4.88 Å². The lowest BCUT2D eigenvalue weighted by atomic mass is 10.3. The van der Waals surface area contributed by atoms with Crippen LogP contribution in [0, 0.1) is 0 Å². The third-order valence-corrected chi connectivity index (χ3v) is 4.09. The molecule has 2 aromatic rings. The second-order valence-corrected chi connectivity index (χ2v) is 5.10. The molecule has 0 aliphatic carbocycles. The molecule has 16 heavy (non-hydrogen) atoms. The van der Waals surface area contributed by atoms with Crippen LogP contribution < -0.4 is 0 Å². The average molecular weight is 250 g/mol. The number of hydrogen-bond acceptors (Lipinski definition) is 4. The smallest absolute Gasteiger partial charge is 0.330 e. The summed E-state index contributed by atoms with van der Waals surface area (Å²) < 4.78 is 4.53. The lowest BCUT2D eigenvalue weighted by Gasteiger charge is -1.89. The lowest BCUT2D eigenvalue weighted by Crippen LogP contribution is -1.92. The van der Waals surface area contributed by atoms with Crippen LogP contribution in [0.1, 0.15) is 4.88 Å². The van der Waals surface area contributed by atoms with E-state index in [1.165, 1.54) is 22.9 Å². The number of thiophene rings is 2. The molecule has 0 aliphatic rings. The minimum atomic E-state index is -0.328. The Kier molecular flexibility index (Phi) is 3.54. The molecule has 2 nitrogen and oxygen atoms in total. The van der Waals surface area contributed by atoms with Crippen molar-refractivity contribution in [3.8, 4) is 9.75 Å². The maximum Gasteiger partial charge on any atom is 0.330 e. The molecule has 2 rings (SSSR count). The summed E-state index contributed by atoms with van der Waals surface area (Å²) in [6, 6.07) is 8.18. The number of carbonyl (C=O) groups excluding carboxylic acids is 1. The van der Waals surface area contributed by atoms with E-state index in [1.807, 2.05) is 12.1 Å². The van der Waals surface area contributed by atoms with E-state index < -0.39 is 0 Å². The zero-order valence-corrected chi connectivity index (χ0v) is 10.3. The van der Waals surface area contributed by atoms with Crippen LogP contribution in [0.5, 0.6) is 0 Å². The number of methoxy groups -OCH3 is 1. The molecule has 0 fully saturated rings. The van der Waals surface area contributed by atoms with E-state index in [4.69, 9.17) is 0 Å². The fourth-order valence-corrected chi connectivity index (χ4v) is 2.96. The van der Waals surface area contributed by atoms with Gasteiger partial charge in [-0.2, -0.15) is 0 Å². The van der Waals surface area contributed by atoms with Crippen LogP contribution in [-0.4, -0.2) is 13.1 Å². The molecule has 0 atom stereocenters. The molecule has 0 amide bonds. The van der Waals surface area contributed by atoms with Gasteiger partial charge in [0.1, 0.15) is 0 Å². The van der Waals surface area contributed by atoms with Gasteiger partial charge in [-0.15, -0.1) is 22.7 Å². The minimum absolute atomic E-state index is 0.328. The first-order valence-electron chi connectivity index (χ1n) is 4.69. The summed E-state index contributed by atoms with van der Waals surface area (Å²) in [5.41, 5.74) is 0. The van der Waals surface area contributed by atoms with Gasteiger partial charge in [0.2, 0.25) is 0 Å². The van der Waals surface area contributed by atoms with Crippen LogP contribution in [0.2, 0.25) is 0 Å². The Labute approximate surface area is 102 Å². The highest BCUT2D eigenvalue weighted by atomic mass is 32.1. The van der Waals surface area contributed by atoms with Crippen LogP contribution in [0.15, 0.2) is 35.7 Å². The molecule has 82 valence electrons. The molecule has 2 aromatic heterocycles. The molecule has 0 spiro atoms. The van der Waals surface area contributed by atoms with Gasteiger partial charge in [0.25, 0.3) is 0 Å². The van der Waals surface area contributed by atoms with Crippen molar-refractivity contribution in [1.82, 2.24) is 0 Å². The number of rotatable bonds is 3. The van der Waals surface area contributed by atoms with E-state index in [-0.39, 0.29) is 5.97 Å². The van der Waals surface area contributed by atoms with Crippen LogP contribution in [0.25, 0.3) is 15.8 Å². The molecule has 0 radical (unpaired) electrons. The third-order valence-electron chi connectivity index (χ3n) is 1.98. The Bertz CT molecular complexity index is 495. The third kappa shape index (κ3) is 2.59. The Morgan fingerprint density at radius 1 is 1.31 bits per heavy atom. The fraction of sp³-hybridized carbons (Fsp3) is 0.0833. The van der Waals surface area contributed by atoms with Crippen molar-refractivity contribution in [2.75, 3.05) is 7.11 Å². The Morgan fingerprint density at radius 2 is 2.19 bits per heavy atom. The first-order valence-corrected chi connectivity index (χ1v) is 6.39. The molecule has 0 unspecified atom stereocenters. The predicted molar refractivity (Wildman–Crippen MR) is 68.7 cm³/mol. The van der Waals surface area contributed by atoms with E-state index in [9.17, 15) is 4.79 Å². The van der Waals surface area contributed by atoms with Crippen molar-refractivity contribution >= 4 is 34.7 Å². The summed E-state index contributed by atoms with van der Waals surface area (Å²) in [6.45, 7) is 0. The molecule has 0 aliphatic heterocycles. The summed E-state index contributed by atoms with van der Waals surface area (Å²) in [7, 11) is 1.37. The molecule has 0 aromatic carbocycles. The number of carbonyl (C=O) groups is 1. The average Bonchev–Trinajstić information content (AvgIpc) is 2.95. The van der Waals surface area contributed by atoms with Gasteiger partial charge in [-0.1, -0.05) is 6.07 Å². The zero-order chi connectivity index (χ0) is 11.4. The first kappa shape index (κ1) is 11.1. The zero-order valence-electron chi connectivity index (χ0n) is 8.67. The number of ether oxygens (including phenoxy) is 1. The summed E-state index contributed by atoms with van der Waals surface area (Å²) in [6.07, 6.45) is 3.21. The molecule has 0 saturated carbocycles. The van der Waals surface area contributed by atoms with Crippen molar-refractivity contribution in [2.45, 2.75) is 0 Å². The van der Waals surface area contributed by atoms with Crippen LogP contribution in [0.3, 0.4) is 0 Å². The van der Waals surface area contributed by atoms with Gasteiger partial charge in [-0.25, -0.2) is 4.79 Å². The summed E-state index contributed by atoms with van der Waals surface area (Å²) in [5.74, 6) is -0.328. The Hall–Kier alpha value is -1.39. The van der Waals surface area contributed by atoms with Gasteiger partial charge in [-0.3, -0.25) is 0 Å². The van der Waals surface area contributed by atoms with Crippen LogP contribution in [-0.2, 0) is 9.53 Å². The molecule has 4 heteroatoms. The highest BCUT2D eigenvalue weighted by molar-refractivity contribution is 7.21. The summed E-state index contributed by atoms with van der Waals surface area (Å²) in [5, 5.41) is 2.05. The SMILES string of the molecule is COC(=O)C=Cc1ccc(-c2cccs2)s1. The summed E-state index contributed by atoms with van der Waals surface area (Å²) in [4.78, 5) is 14.4. The minimum Gasteiger partial charge on any atom is -0.466 e. The monoisotopic (exact) mass is 250 g/mol. The van der Waals surface area contributed by atoms with E-state index in [0.29, 0.717) is 0 Å². The second kappa shape index (κ2) is 5.09. The largest absolute Gasteiger partial charge is 0.466 e. The summed E-state index contributed by atoms with van der Waals surface area (Å²) >= 11 is 3.37. The Morgan fingerprint density at radius 3 is 2.88 bits per heavy atom. The molecular formula is C12H10O2S2. The fourth-order valence-electron chi connectivity index (χ4n) is 1.21. The van der Waals surface area contributed by atoms with Gasteiger partial charge in [-0.05, 0) is 29.7 Å². The lowest BCUT2D eigenvalue weighted by molar-refractivity contribution is -0.134. The van der Waals surface area contributed by atoms with Crippen molar-refractivity contribution < 1.29 is 9.53 Å². The maximum atomic E-state index is 10.9. The Balaban J connectivity index is 2.14. The van der Waals surface area contributed by atoms with Crippen LogP contribution in [0.4, 0.5) is 0 Å². The van der Waals surface area contributed by atoms with Gasteiger partial charge in [0, 0.05) is 20.7 Å². The van der Waals surface area contributed by atoms with Gasteiger partial charge in [0.05, 0.1) is 7.11 Å². The quantitative estimate of drug-likeness (QED) is 0.614. The van der Waals surface area contributed by atoms with Crippen molar-refractivity contribution in [3.05, 3.63) is 40.6 Å². The van der Waals surface area contributed by atoms with Gasteiger partial charge < -0.3 is 4.74 Å². The molecule has 0 bridgehead atoms. The molecule has 0 N–H and O–H groups in total. The second-order valence-electron chi connectivity index (χ2n) is 3.04. The van der Waals surface area contributed by atoms with Crippen molar-refractivity contribution in [3.63, 3.8) is 0 Å². The van der Waals surface area contributed by atoms with Gasteiger partial charge >= 0.3 is 5.97 Å². The van der Waals surface area contributed by atoms with E-state index in [1.54, 1.807) is 28.7 Å². The normalized spacial score (nSPS) is 10.8. The standard InChI is InChI=1S/C12H10O2S2/c1-14-12(13)7-5-9-4-6-11(16-9)10-3-2-8-15-10/h2-8H,1H3. The van der Waals surface area contributed by atoms with Crippen molar-refractivity contribution in [2.24, 2.45) is 0 Å². The van der Waals surface area contributed by atoms with E-state index in [2.05, 4.69) is 22.2 Å². The van der Waals surface area contributed by atoms with E-state index >= 15 is 0 Å².